The van der Waals surface area contributed by atoms with Crippen LogP contribution in [0.5, 0.6) is 0 Å². The number of hydrogen-bond donors (Lipinski definition) is 0. The van der Waals surface area contributed by atoms with Crippen LogP contribution in [0.25, 0.3) is 12.2 Å². The number of pyridine rings is 1. The summed E-state index contributed by atoms with van der Waals surface area (Å²) in [6.45, 7) is 10.3. The van der Waals surface area contributed by atoms with Gasteiger partial charge < -0.3 is 4.90 Å². The summed E-state index contributed by atoms with van der Waals surface area (Å²) in [4.78, 5) is 13.5. The summed E-state index contributed by atoms with van der Waals surface area (Å²) in [6.07, 6.45) is 11.4. The zero-order chi connectivity index (χ0) is 22.1. The van der Waals surface area contributed by atoms with E-state index in [0.717, 1.165) is 31.4 Å². The van der Waals surface area contributed by atoms with E-state index in [-0.39, 0.29) is 10.7 Å². The van der Waals surface area contributed by atoms with E-state index in [9.17, 15) is 10.1 Å². The minimum absolute atomic E-state index is 0.148. The summed E-state index contributed by atoms with van der Waals surface area (Å²) in [5.74, 6) is 0.148. The standard InChI is InChI=1S/C25H36N3O2/c1-6-8-10-15-27-16-13-22(19-25(27)28(29)30)11-12-24-20(3)17-23(18-21(24)4)26(5)14-9-7-2/h11-13,16-19H,6-10,14-15H2,1-5H3/q+1. The van der Waals surface area contributed by atoms with Crippen molar-refractivity contribution in [2.45, 2.75) is 66.3 Å². The molecular weight excluding hydrogens is 374 g/mol. The zero-order valence-electron chi connectivity index (χ0n) is 19.1. The highest BCUT2D eigenvalue weighted by Gasteiger charge is 2.21. The molecule has 0 saturated carbocycles. The van der Waals surface area contributed by atoms with Crippen molar-refractivity contribution in [2.24, 2.45) is 0 Å². The van der Waals surface area contributed by atoms with E-state index in [0.29, 0.717) is 6.54 Å². The summed E-state index contributed by atoms with van der Waals surface area (Å²) in [6, 6.07) is 8.06. The van der Waals surface area contributed by atoms with Gasteiger partial charge in [0, 0.05) is 31.8 Å². The number of unbranched alkanes of at least 4 members (excludes halogenated alkanes) is 3. The first-order valence-electron chi connectivity index (χ1n) is 11.1. The molecule has 5 nitrogen and oxygen atoms in total. The van der Waals surface area contributed by atoms with Crippen LogP contribution in [0.1, 0.15) is 68.2 Å². The van der Waals surface area contributed by atoms with E-state index < -0.39 is 0 Å². The Balaban J connectivity index is 2.24. The van der Waals surface area contributed by atoms with Crippen LogP contribution in [-0.4, -0.2) is 18.5 Å². The molecule has 1 heterocycles. The molecule has 5 heteroatoms. The van der Waals surface area contributed by atoms with Gasteiger partial charge in [-0.15, -0.1) is 4.57 Å². The van der Waals surface area contributed by atoms with E-state index in [1.807, 2.05) is 18.3 Å². The lowest BCUT2D eigenvalue weighted by molar-refractivity contribution is -0.736. The summed E-state index contributed by atoms with van der Waals surface area (Å²) in [5, 5.41) is 11.5. The molecule has 30 heavy (non-hydrogen) atoms. The van der Waals surface area contributed by atoms with Gasteiger partial charge in [0.05, 0.1) is 6.07 Å². The van der Waals surface area contributed by atoms with Gasteiger partial charge in [-0.1, -0.05) is 38.8 Å². The molecule has 0 amide bonds. The summed E-state index contributed by atoms with van der Waals surface area (Å²) in [7, 11) is 2.14. The molecule has 0 N–H and O–H groups in total. The van der Waals surface area contributed by atoms with Crippen molar-refractivity contribution in [3.8, 4) is 0 Å². The molecule has 0 radical (unpaired) electrons. The maximum atomic E-state index is 11.5. The van der Waals surface area contributed by atoms with Crippen LogP contribution >= 0.6 is 0 Å². The van der Waals surface area contributed by atoms with Crippen LogP contribution in [0.4, 0.5) is 11.5 Å². The van der Waals surface area contributed by atoms with Crippen molar-refractivity contribution in [3.05, 3.63) is 62.8 Å². The van der Waals surface area contributed by atoms with Gasteiger partial charge in [-0.05, 0) is 61.1 Å². The predicted molar refractivity (Wildman–Crippen MR) is 126 cm³/mol. The van der Waals surface area contributed by atoms with Crippen LogP contribution in [0.3, 0.4) is 0 Å². The van der Waals surface area contributed by atoms with Gasteiger partial charge in [0.1, 0.15) is 4.92 Å². The molecule has 0 aliphatic heterocycles. The smallest absolute Gasteiger partial charge is 0.375 e. The van der Waals surface area contributed by atoms with Crippen molar-refractivity contribution in [2.75, 3.05) is 18.5 Å². The Hall–Kier alpha value is -2.69. The van der Waals surface area contributed by atoms with Gasteiger partial charge in [-0.25, -0.2) is 0 Å². The van der Waals surface area contributed by atoms with Crippen molar-refractivity contribution in [3.63, 3.8) is 0 Å². The average Bonchev–Trinajstić information content (AvgIpc) is 2.71. The summed E-state index contributed by atoms with van der Waals surface area (Å²) < 4.78 is 1.74. The lowest BCUT2D eigenvalue weighted by Crippen LogP contribution is -2.36. The van der Waals surface area contributed by atoms with Crippen LogP contribution in [0.2, 0.25) is 0 Å². The molecule has 0 aliphatic rings. The number of aryl methyl sites for hydroxylation is 3. The molecule has 0 aliphatic carbocycles. The zero-order valence-corrected chi connectivity index (χ0v) is 19.1. The summed E-state index contributed by atoms with van der Waals surface area (Å²) >= 11 is 0. The van der Waals surface area contributed by atoms with Crippen molar-refractivity contribution in [1.82, 2.24) is 0 Å². The predicted octanol–water partition coefficient (Wildman–Crippen LogP) is 6.10. The lowest BCUT2D eigenvalue weighted by atomic mass is 10.00. The van der Waals surface area contributed by atoms with E-state index >= 15 is 0 Å². The van der Waals surface area contributed by atoms with Crippen LogP contribution in [0.15, 0.2) is 30.5 Å². The van der Waals surface area contributed by atoms with Gasteiger partial charge in [0.25, 0.3) is 0 Å². The molecule has 162 valence electrons. The van der Waals surface area contributed by atoms with Gasteiger partial charge in [-0.2, -0.15) is 0 Å². The van der Waals surface area contributed by atoms with E-state index in [2.05, 4.69) is 57.9 Å². The number of benzene rings is 1. The largest absolute Gasteiger partial charge is 0.502 e. The van der Waals surface area contributed by atoms with Gasteiger partial charge >= 0.3 is 5.82 Å². The molecule has 0 spiro atoms. The Bertz CT molecular complexity index is 867. The fraction of sp³-hybridized carbons (Fsp3) is 0.480. The molecule has 1 aromatic carbocycles. The molecule has 0 bridgehead atoms. The highest BCUT2D eigenvalue weighted by Crippen LogP contribution is 2.25. The third-order valence-corrected chi connectivity index (χ3v) is 5.54. The average molecular weight is 411 g/mol. The lowest BCUT2D eigenvalue weighted by Gasteiger charge is -2.21. The molecule has 0 saturated heterocycles. The fourth-order valence-corrected chi connectivity index (χ4v) is 3.65. The third kappa shape index (κ3) is 6.41. The summed E-state index contributed by atoms with van der Waals surface area (Å²) in [5.41, 5.74) is 5.68. The quantitative estimate of drug-likeness (QED) is 0.195. The van der Waals surface area contributed by atoms with E-state index in [1.54, 1.807) is 10.6 Å². The second-order valence-electron chi connectivity index (χ2n) is 8.08. The second-order valence-corrected chi connectivity index (χ2v) is 8.08. The number of nitro groups is 1. The Morgan fingerprint density at radius 2 is 1.70 bits per heavy atom. The highest BCUT2D eigenvalue weighted by molar-refractivity contribution is 5.74. The SMILES string of the molecule is CCCCC[n+]1ccc(C=Cc2c(C)cc(N(C)CCCC)cc2C)cc1[N+](=O)[O-]. The van der Waals surface area contributed by atoms with Crippen LogP contribution in [0, 0.1) is 24.0 Å². The van der Waals surface area contributed by atoms with Gasteiger partial charge in [-0.3, -0.25) is 10.1 Å². The fourth-order valence-electron chi connectivity index (χ4n) is 3.65. The molecule has 0 fully saturated rings. The second kappa shape index (κ2) is 11.5. The van der Waals surface area contributed by atoms with Crippen LogP contribution in [-0.2, 0) is 6.54 Å². The first kappa shape index (κ1) is 23.6. The highest BCUT2D eigenvalue weighted by atomic mass is 16.6. The number of rotatable bonds is 11. The monoisotopic (exact) mass is 410 g/mol. The van der Waals surface area contributed by atoms with Crippen molar-refractivity contribution >= 4 is 23.7 Å². The number of aromatic nitrogens is 1. The first-order chi connectivity index (χ1) is 14.4. The van der Waals surface area contributed by atoms with E-state index in [1.165, 1.54) is 35.2 Å². The number of anilines is 1. The van der Waals surface area contributed by atoms with Crippen molar-refractivity contribution < 1.29 is 9.49 Å². The van der Waals surface area contributed by atoms with E-state index in [4.69, 9.17) is 0 Å². The maximum absolute atomic E-state index is 11.5. The molecule has 1 aromatic heterocycles. The number of nitrogens with zero attached hydrogens (tertiary/aromatic N) is 3. The molecular formula is C25H36N3O2+. The van der Waals surface area contributed by atoms with Crippen molar-refractivity contribution in [1.29, 1.82) is 0 Å². The molecule has 0 atom stereocenters. The van der Waals surface area contributed by atoms with Gasteiger partial charge in [0.15, 0.2) is 12.7 Å². The topological polar surface area (TPSA) is 50.3 Å². The number of hydrogen-bond acceptors (Lipinski definition) is 3. The maximum Gasteiger partial charge on any atom is 0.502 e. The minimum Gasteiger partial charge on any atom is -0.375 e. The molecule has 0 unspecified atom stereocenters. The Kier molecular flexibility index (Phi) is 9.03. The Labute approximate surface area is 181 Å². The molecule has 2 aromatic rings. The van der Waals surface area contributed by atoms with Crippen LogP contribution < -0.4 is 9.47 Å². The normalized spacial score (nSPS) is 11.2. The first-order valence-corrected chi connectivity index (χ1v) is 11.1. The molecule has 2 rings (SSSR count). The Morgan fingerprint density at radius 1 is 1.03 bits per heavy atom. The van der Waals surface area contributed by atoms with Gasteiger partial charge in [0.2, 0.25) is 0 Å². The minimum atomic E-state index is -0.291. The third-order valence-electron chi connectivity index (χ3n) is 5.54. The Morgan fingerprint density at radius 3 is 2.30 bits per heavy atom.